The number of sulfonamides is 1. The van der Waals surface area contributed by atoms with Crippen LogP contribution in [0.3, 0.4) is 0 Å². The largest absolute Gasteiger partial charge is 0.497 e. The molecule has 0 bridgehead atoms. The molecule has 51 heavy (non-hydrogen) atoms. The second-order valence-corrected chi connectivity index (χ2v) is 14.4. The Balaban J connectivity index is 1.36. The number of rotatable bonds is 13. The maximum atomic E-state index is 15.1. The zero-order valence-electron chi connectivity index (χ0n) is 28.1. The molecule has 0 radical (unpaired) electrons. The van der Waals surface area contributed by atoms with Crippen LogP contribution in [0.5, 0.6) is 17.2 Å². The number of methoxy groups -OCH3 is 3. The molecule has 0 amide bonds. The van der Waals surface area contributed by atoms with E-state index in [1.807, 2.05) is 97.1 Å². The first-order chi connectivity index (χ1) is 24.9. The molecule has 7 aromatic rings. The standard InChI is InChI=1S/C38H34N6O5S2/c1-47-29-16-10-26(11-17-29)22-43(23-27-12-18-30(48-2)19-13-27)51(45,46)35-9-5-6-32(33-7-4-8-34-37(33)39-25-50-34)36(35)38-40-42-44(41-38)24-28-14-20-31(49-3)21-15-28/h4-21,25H,22-24H2,1-3H3. The Morgan fingerprint density at radius 3 is 1.82 bits per heavy atom. The van der Waals surface area contributed by atoms with Gasteiger partial charge in [-0.15, -0.1) is 21.5 Å². The summed E-state index contributed by atoms with van der Waals surface area (Å²) in [5.74, 6) is 2.27. The molecule has 0 N–H and O–H groups in total. The van der Waals surface area contributed by atoms with Crippen LogP contribution in [0.25, 0.3) is 32.7 Å². The van der Waals surface area contributed by atoms with Gasteiger partial charge in [-0.1, -0.05) is 60.7 Å². The third-order valence-corrected chi connectivity index (χ3v) is 11.1. The van der Waals surface area contributed by atoms with Gasteiger partial charge in [-0.05, 0) is 76.0 Å². The molecule has 2 heterocycles. The van der Waals surface area contributed by atoms with Crippen LogP contribution >= 0.6 is 11.3 Å². The molecule has 258 valence electrons. The smallest absolute Gasteiger partial charge is 0.244 e. The predicted octanol–water partition coefficient (Wildman–Crippen LogP) is 7.08. The normalized spacial score (nSPS) is 11.6. The molecule has 0 saturated carbocycles. The summed E-state index contributed by atoms with van der Waals surface area (Å²) >= 11 is 1.52. The fourth-order valence-electron chi connectivity index (χ4n) is 5.84. The van der Waals surface area contributed by atoms with Crippen molar-refractivity contribution in [2.45, 2.75) is 24.5 Å². The van der Waals surface area contributed by atoms with Gasteiger partial charge in [-0.25, -0.2) is 13.4 Å². The monoisotopic (exact) mass is 718 g/mol. The first kappa shape index (κ1) is 33.8. The SMILES string of the molecule is COc1ccc(CN(Cc2ccc(OC)cc2)S(=O)(=O)c2cccc(-c3cccc4scnc34)c2-c2nnn(Cc3ccc(OC)cc3)n2)cc1. The van der Waals surface area contributed by atoms with Crippen molar-refractivity contribution in [2.24, 2.45) is 0 Å². The van der Waals surface area contributed by atoms with Crippen LogP contribution in [0.1, 0.15) is 16.7 Å². The first-order valence-corrected chi connectivity index (χ1v) is 18.3. The molecular formula is C38H34N6O5S2. The first-order valence-electron chi connectivity index (χ1n) is 16.0. The van der Waals surface area contributed by atoms with Crippen molar-refractivity contribution >= 4 is 31.6 Å². The quantitative estimate of drug-likeness (QED) is 0.123. The second-order valence-electron chi connectivity index (χ2n) is 11.6. The molecule has 13 heteroatoms. The summed E-state index contributed by atoms with van der Waals surface area (Å²) in [5.41, 5.74) is 6.80. The van der Waals surface area contributed by atoms with Gasteiger partial charge in [0.05, 0.1) is 54.1 Å². The number of nitrogens with zero attached hydrogens (tertiary/aromatic N) is 6. The van der Waals surface area contributed by atoms with E-state index >= 15 is 8.42 Å². The Bertz CT molecular complexity index is 2330. The van der Waals surface area contributed by atoms with E-state index in [1.165, 1.54) is 20.4 Å². The highest BCUT2D eigenvalue weighted by molar-refractivity contribution is 7.89. The highest BCUT2D eigenvalue weighted by Gasteiger charge is 2.32. The predicted molar refractivity (Wildman–Crippen MR) is 196 cm³/mol. The fourth-order valence-corrected chi connectivity index (χ4v) is 8.17. The maximum Gasteiger partial charge on any atom is 0.244 e. The Labute approximate surface area is 299 Å². The summed E-state index contributed by atoms with van der Waals surface area (Å²) in [6, 6.07) is 33.4. The van der Waals surface area contributed by atoms with E-state index in [0.29, 0.717) is 29.2 Å². The molecule has 0 fully saturated rings. The van der Waals surface area contributed by atoms with E-state index in [4.69, 9.17) is 19.3 Å². The highest BCUT2D eigenvalue weighted by atomic mass is 32.2. The molecular weight excluding hydrogens is 685 g/mol. The number of para-hydroxylation sites is 1. The maximum absolute atomic E-state index is 15.1. The van der Waals surface area contributed by atoms with Crippen LogP contribution in [0.2, 0.25) is 0 Å². The zero-order valence-corrected chi connectivity index (χ0v) is 29.8. The summed E-state index contributed by atoms with van der Waals surface area (Å²) in [6.45, 7) is 0.520. The number of tetrazole rings is 1. The number of fused-ring (bicyclic) bond motifs is 1. The lowest BCUT2D eigenvalue weighted by Gasteiger charge is -2.24. The van der Waals surface area contributed by atoms with Crippen molar-refractivity contribution in [1.82, 2.24) is 29.5 Å². The van der Waals surface area contributed by atoms with Crippen molar-refractivity contribution in [3.8, 4) is 39.8 Å². The van der Waals surface area contributed by atoms with Gasteiger partial charge in [-0.2, -0.15) is 9.10 Å². The summed E-state index contributed by atoms with van der Waals surface area (Å²) in [7, 11) is 0.591. The van der Waals surface area contributed by atoms with Gasteiger partial charge in [0.25, 0.3) is 0 Å². The molecule has 5 aromatic carbocycles. The Kier molecular flexibility index (Phi) is 9.75. The van der Waals surface area contributed by atoms with Gasteiger partial charge < -0.3 is 14.2 Å². The summed E-state index contributed by atoms with van der Waals surface area (Å²) in [6.07, 6.45) is 0. The number of aromatic nitrogens is 5. The number of thiazole rings is 1. The minimum absolute atomic E-state index is 0.0539. The van der Waals surface area contributed by atoms with E-state index < -0.39 is 10.0 Å². The van der Waals surface area contributed by atoms with Gasteiger partial charge in [0.2, 0.25) is 15.8 Å². The molecule has 0 aliphatic heterocycles. The molecule has 0 spiro atoms. The van der Waals surface area contributed by atoms with Crippen LogP contribution in [0.15, 0.2) is 120 Å². The Hall–Kier alpha value is -5.63. The molecule has 7 rings (SSSR count). The van der Waals surface area contributed by atoms with Gasteiger partial charge in [0, 0.05) is 18.7 Å². The van der Waals surface area contributed by atoms with Crippen molar-refractivity contribution in [2.75, 3.05) is 21.3 Å². The van der Waals surface area contributed by atoms with E-state index in [9.17, 15) is 0 Å². The minimum Gasteiger partial charge on any atom is -0.497 e. The van der Waals surface area contributed by atoms with Crippen LogP contribution in [0, 0.1) is 0 Å². The highest BCUT2D eigenvalue weighted by Crippen LogP contribution is 2.40. The summed E-state index contributed by atoms with van der Waals surface area (Å²) in [5, 5.41) is 13.5. The molecule has 2 aromatic heterocycles. The van der Waals surface area contributed by atoms with Crippen molar-refractivity contribution < 1.29 is 22.6 Å². The summed E-state index contributed by atoms with van der Waals surface area (Å²) in [4.78, 5) is 6.15. The summed E-state index contributed by atoms with van der Waals surface area (Å²) < 4.78 is 48.6. The fraction of sp³-hybridized carbons (Fsp3) is 0.158. The second kappa shape index (κ2) is 14.7. The van der Waals surface area contributed by atoms with Gasteiger partial charge in [0.1, 0.15) is 17.2 Å². The molecule has 0 atom stereocenters. The van der Waals surface area contributed by atoms with Gasteiger partial charge in [0.15, 0.2) is 0 Å². The van der Waals surface area contributed by atoms with E-state index in [-0.39, 0.29) is 23.8 Å². The van der Waals surface area contributed by atoms with E-state index in [0.717, 1.165) is 38.2 Å². The molecule has 11 nitrogen and oxygen atoms in total. The zero-order chi connectivity index (χ0) is 35.4. The molecule has 0 aliphatic carbocycles. The molecule has 0 aliphatic rings. The van der Waals surface area contributed by atoms with Crippen LogP contribution < -0.4 is 14.2 Å². The van der Waals surface area contributed by atoms with Crippen molar-refractivity contribution in [3.05, 3.63) is 131 Å². The van der Waals surface area contributed by atoms with E-state index in [2.05, 4.69) is 15.3 Å². The molecule has 0 saturated heterocycles. The lowest BCUT2D eigenvalue weighted by molar-refractivity contribution is 0.398. The minimum atomic E-state index is -4.21. The van der Waals surface area contributed by atoms with Crippen LogP contribution in [0.4, 0.5) is 0 Å². The number of hydrogen-bond donors (Lipinski definition) is 0. The number of benzene rings is 5. The van der Waals surface area contributed by atoms with Crippen molar-refractivity contribution in [3.63, 3.8) is 0 Å². The average Bonchev–Trinajstić information content (AvgIpc) is 3.85. The molecule has 0 unspecified atom stereocenters. The van der Waals surface area contributed by atoms with E-state index in [1.54, 1.807) is 39.0 Å². The average molecular weight is 719 g/mol. The third-order valence-electron chi connectivity index (χ3n) is 8.49. The van der Waals surface area contributed by atoms with Gasteiger partial charge in [-0.3, -0.25) is 0 Å². The topological polar surface area (TPSA) is 122 Å². The van der Waals surface area contributed by atoms with Crippen LogP contribution in [-0.4, -0.2) is 59.2 Å². The Morgan fingerprint density at radius 1 is 0.686 bits per heavy atom. The van der Waals surface area contributed by atoms with Crippen LogP contribution in [-0.2, 0) is 29.7 Å². The number of ether oxygens (including phenoxy) is 3. The van der Waals surface area contributed by atoms with Crippen molar-refractivity contribution in [1.29, 1.82) is 0 Å². The third kappa shape index (κ3) is 7.17. The Morgan fingerprint density at radius 2 is 1.24 bits per heavy atom. The van der Waals surface area contributed by atoms with Gasteiger partial charge >= 0.3 is 0 Å². The lowest BCUT2D eigenvalue weighted by atomic mass is 9.98. The number of hydrogen-bond acceptors (Lipinski definition) is 10. The lowest BCUT2D eigenvalue weighted by Crippen LogP contribution is -2.31.